The van der Waals surface area contributed by atoms with Crippen molar-refractivity contribution in [3.8, 4) is 0 Å². The quantitative estimate of drug-likeness (QED) is 0.350. The van der Waals surface area contributed by atoms with E-state index < -0.39 is 18.2 Å². The molecule has 220 valence electrons. The Morgan fingerprint density at radius 1 is 1.02 bits per heavy atom. The minimum atomic E-state index is -4.51. The molecule has 1 aromatic heterocycles. The zero-order chi connectivity index (χ0) is 28.7. The van der Waals surface area contributed by atoms with E-state index in [0.29, 0.717) is 43.4 Å². The van der Waals surface area contributed by atoms with Crippen LogP contribution in [0.1, 0.15) is 68.9 Å². The molecule has 2 bridgehead atoms. The molecule has 4 heterocycles. The number of aliphatic hydroxyl groups excluding tert-OH is 1. The number of fused-ring (bicyclic) bond motifs is 3. The lowest BCUT2D eigenvalue weighted by molar-refractivity contribution is -0.148. The van der Waals surface area contributed by atoms with Gasteiger partial charge in [-0.1, -0.05) is 49.4 Å². The molecule has 0 aliphatic carbocycles. The molecule has 3 aliphatic heterocycles. The van der Waals surface area contributed by atoms with Gasteiger partial charge in [0.05, 0.1) is 11.0 Å². The van der Waals surface area contributed by atoms with Crippen molar-refractivity contribution in [3.63, 3.8) is 0 Å². The highest BCUT2D eigenvalue weighted by molar-refractivity contribution is 5.77. The van der Waals surface area contributed by atoms with E-state index in [1.54, 1.807) is 29.2 Å². The van der Waals surface area contributed by atoms with E-state index in [2.05, 4.69) is 27.3 Å². The number of nitrogens with zero attached hydrogens (tertiary/aromatic N) is 4. The van der Waals surface area contributed by atoms with Crippen molar-refractivity contribution in [2.75, 3.05) is 19.6 Å². The lowest BCUT2D eigenvalue weighted by Crippen LogP contribution is -2.58. The van der Waals surface area contributed by atoms with Crippen LogP contribution < -0.4 is 5.32 Å². The predicted molar refractivity (Wildman–Crippen MR) is 150 cm³/mol. The Kier molecular flexibility index (Phi) is 7.82. The summed E-state index contributed by atoms with van der Waals surface area (Å²) in [5.41, 5.74) is 2.03. The number of piperidine rings is 1. The maximum Gasteiger partial charge on any atom is 0.449 e. The first-order valence-electron chi connectivity index (χ1n) is 14.8. The Balaban J connectivity index is 1.14. The molecule has 10 heteroatoms. The number of likely N-dealkylation sites (tertiary alicyclic amines) is 1. The van der Waals surface area contributed by atoms with Gasteiger partial charge in [0.25, 0.3) is 0 Å². The molecule has 3 saturated heterocycles. The topological polar surface area (TPSA) is 73.6 Å². The second-order valence-corrected chi connectivity index (χ2v) is 11.8. The van der Waals surface area contributed by atoms with Crippen LogP contribution in [0.5, 0.6) is 0 Å². The van der Waals surface area contributed by atoms with Gasteiger partial charge in [0.1, 0.15) is 6.23 Å². The number of hydrogen-bond acceptors (Lipinski definition) is 5. The summed E-state index contributed by atoms with van der Waals surface area (Å²) in [5, 5.41) is 14.4. The lowest BCUT2D eigenvalue weighted by Gasteiger charge is -2.43. The predicted octanol–water partition coefficient (Wildman–Crippen LogP) is 5.13. The zero-order valence-electron chi connectivity index (χ0n) is 23.3. The summed E-state index contributed by atoms with van der Waals surface area (Å²) in [7, 11) is 0. The van der Waals surface area contributed by atoms with Gasteiger partial charge in [-0.2, -0.15) is 13.2 Å². The Morgan fingerprint density at radius 2 is 1.68 bits per heavy atom. The normalized spacial score (nSPS) is 24.9. The van der Waals surface area contributed by atoms with Crippen molar-refractivity contribution in [2.24, 2.45) is 5.92 Å². The van der Waals surface area contributed by atoms with Gasteiger partial charge < -0.3 is 14.6 Å². The summed E-state index contributed by atoms with van der Waals surface area (Å²) in [6.45, 7) is 3.76. The molecule has 2 N–H and O–H groups in total. The van der Waals surface area contributed by atoms with Gasteiger partial charge in [-0.25, -0.2) is 4.98 Å². The molecule has 0 saturated carbocycles. The highest BCUT2D eigenvalue weighted by Gasteiger charge is 2.45. The molecule has 7 nitrogen and oxygen atoms in total. The van der Waals surface area contributed by atoms with Crippen molar-refractivity contribution in [1.82, 2.24) is 24.7 Å². The Bertz CT molecular complexity index is 1340. The molecular formula is C31H38F3N5O2. The van der Waals surface area contributed by atoms with Gasteiger partial charge in [-0.3, -0.25) is 15.0 Å². The van der Waals surface area contributed by atoms with Gasteiger partial charge >= 0.3 is 6.18 Å². The van der Waals surface area contributed by atoms with Crippen LogP contribution in [0.15, 0.2) is 54.6 Å². The highest BCUT2D eigenvalue weighted by atomic mass is 19.4. The molecular weight excluding hydrogens is 531 g/mol. The van der Waals surface area contributed by atoms with Crippen LogP contribution in [0.2, 0.25) is 0 Å². The maximum atomic E-state index is 14.0. The highest BCUT2D eigenvalue weighted by Crippen LogP contribution is 2.44. The monoisotopic (exact) mass is 569 g/mol. The van der Waals surface area contributed by atoms with Crippen LogP contribution in [-0.2, 0) is 11.0 Å². The lowest BCUT2D eigenvalue weighted by atomic mass is 9.94. The largest absolute Gasteiger partial charge is 0.449 e. The van der Waals surface area contributed by atoms with Gasteiger partial charge in [0.2, 0.25) is 11.7 Å². The summed E-state index contributed by atoms with van der Waals surface area (Å²) >= 11 is 0. The van der Waals surface area contributed by atoms with Gasteiger partial charge in [-0.05, 0) is 49.8 Å². The molecule has 3 fully saturated rings. The first kappa shape index (κ1) is 28.2. The van der Waals surface area contributed by atoms with Gasteiger partial charge in [-0.15, -0.1) is 0 Å². The fourth-order valence-corrected chi connectivity index (χ4v) is 7.23. The van der Waals surface area contributed by atoms with Crippen LogP contribution in [0.25, 0.3) is 11.0 Å². The number of para-hydroxylation sites is 2. The van der Waals surface area contributed by atoms with E-state index in [0.717, 1.165) is 31.4 Å². The summed E-state index contributed by atoms with van der Waals surface area (Å²) in [6.07, 6.45) is -0.716. The van der Waals surface area contributed by atoms with E-state index in [1.165, 1.54) is 4.57 Å². The third kappa shape index (κ3) is 5.61. The number of aromatic nitrogens is 2. The molecule has 3 aromatic rings. The smallest absolute Gasteiger partial charge is 0.378 e. The molecule has 6 rings (SSSR count). The Hall–Kier alpha value is -2.95. The average molecular weight is 570 g/mol. The number of amides is 1. The first-order valence-corrected chi connectivity index (χ1v) is 14.8. The van der Waals surface area contributed by atoms with Crippen LogP contribution in [0.4, 0.5) is 13.2 Å². The minimum absolute atomic E-state index is 0.00327. The molecule has 4 atom stereocenters. The molecule has 0 spiro atoms. The van der Waals surface area contributed by atoms with Crippen molar-refractivity contribution in [3.05, 3.63) is 66.0 Å². The average Bonchev–Trinajstić information content (AvgIpc) is 3.44. The van der Waals surface area contributed by atoms with Crippen LogP contribution >= 0.6 is 0 Å². The summed E-state index contributed by atoms with van der Waals surface area (Å²) in [6, 6.07) is 17.1. The molecule has 41 heavy (non-hydrogen) atoms. The van der Waals surface area contributed by atoms with Crippen LogP contribution in [-0.4, -0.2) is 68.3 Å². The fourth-order valence-electron chi connectivity index (χ4n) is 7.23. The van der Waals surface area contributed by atoms with Gasteiger partial charge in [0.15, 0.2) is 0 Å². The van der Waals surface area contributed by atoms with E-state index in [4.69, 9.17) is 0 Å². The Morgan fingerprint density at radius 3 is 2.34 bits per heavy atom. The second-order valence-electron chi connectivity index (χ2n) is 11.8. The first-order chi connectivity index (χ1) is 19.7. The number of aliphatic hydroxyl groups is 1. The minimum Gasteiger partial charge on any atom is -0.378 e. The number of benzene rings is 2. The summed E-state index contributed by atoms with van der Waals surface area (Å²) < 4.78 is 43.5. The van der Waals surface area contributed by atoms with E-state index >= 15 is 0 Å². The summed E-state index contributed by atoms with van der Waals surface area (Å²) in [4.78, 5) is 20.2. The molecule has 3 aliphatic rings. The van der Waals surface area contributed by atoms with E-state index in [-0.39, 0.29) is 36.0 Å². The van der Waals surface area contributed by atoms with Gasteiger partial charge in [0, 0.05) is 56.1 Å². The molecule has 1 amide bonds. The second kappa shape index (κ2) is 11.4. The van der Waals surface area contributed by atoms with E-state index in [1.807, 2.05) is 25.1 Å². The number of alkyl halides is 3. The van der Waals surface area contributed by atoms with Crippen molar-refractivity contribution in [1.29, 1.82) is 0 Å². The van der Waals surface area contributed by atoms with Crippen molar-refractivity contribution < 1.29 is 23.1 Å². The molecule has 2 aromatic carbocycles. The van der Waals surface area contributed by atoms with Crippen LogP contribution in [0.3, 0.4) is 0 Å². The molecule has 0 radical (unpaired) electrons. The number of imidazole rings is 1. The maximum absolute atomic E-state index is 14.0. The van der Waals surface area contributed by atoms with Crippen molar-refractivity contribution in [2.45, 2.75) is 82.0 Å². The number of nitrogens with one attached hydrogen (secondary N) is 1. The number of carbonyl (C=O) groups is 1. The van der Waals surface area contributed by atoms with Crippen molar-refractivity contribution >= 4 is 16.9 Å². The third-order valence-electron chi connectivity index (χ3n) is 9.34. The standard InChI is InChI=1S/C31H38F3N5O2/c1-2-28(40)37-18-21(19-37)29(41)35-25(20-8-4-3-5-9-20)14-15-38-22-12-13-23(38)17-24(16-22)39-27-11-7-6-10-26(27)36-30(39)31(32,33)34/h3-11,21-25,29,35,41H,2,12-19H2,1H3/t22?,23?,24?,25-,29?/m0/s1. The molecule has 3 unspecified atom stereocenters. The number of carbonyl (C=O) groups excluding carboxylic acids is 1. The van der Waals surface area contributed by atoms with Crippen LogP contribution in [0, 0.1) is 5.92 Å². The fraction of sp³-hybridized carbons (Fsp3) is 0.548. The summed E-state index contributed by atoms with van der Waals surface area (Å²) in [5.74, 6) is -0.691. The number of hydrogen-bond donors (Lipinski definition) is 2. The zero-order valence-corrected chi connectivity index (χ0v) is 23.3. The van der Waals surface area contributed by atoms with E-state index in [9.17, 15) is 23.1 Å². The number of rotatable bonds is 9. The SMILES string of the molecule is CCC(=O)N1CC(C(O)N[C@@H](CCN2C3CCC2CC(n2c(C(F)(F)F)nc4ccccc42)C3)c2ccccc2)C1. The third-order valence-corrected chi connectivity index (χ3v) is 9.34. The number of halogens is 3. The Labute approximate surface area is 238 Å².